The molecule has 0 amide bonds. The van der Waals surface area contributed by atoms with Crippen LogP contribution in [0.1, 0.15) is 6.92 Å². The van der Waals surface area contributed by atoms with Crippen molar-refractivity contribution in [1.82, 2.24) is 0 Å². The number of carbonyl (C=O) groups excluding carboxylic acids is 1. The van der Waals surface area contributed by atoms with Gasteiger partial charge in [0.05, 0.1) is 0 Å². The Morgan fingerprint density at radius 3 is 2.23 bits per heavy atom. The Hall–Kier alpha value is -0.887. The van der Waals surface area contributed by atoms with Crippen LogP contribution in [0.5, 0.6) is 0 Å². The van der Waals surface area contributed by atoms with Gasteiger partial charge in [0, 0.05) is 6.47 Å². The number of carboxylic acid groups (broad SMARTS) is 1. The summed E-state index contributed by atoms with van der Waals surface area (Å²) in [5, 5.41) is 12.5. The van der Waals surface area contributed by atoms with Crippen LogP contribution in [0.4, 0.5) is 5.69 Å². The van der Waals surface area contributed by atoms with E-state index in [1.54, 1.807) is 0 Å². The van der Waals surface area contributed by atoms with Gasteiger partial charge in [0.25, 0.3) is 0 Å². The smallest absolute Gasteiger partial charge is 0.685 e. The molecular weight excluding hydrogens is 219 g/mol. The number of para-hydroxylation sites is 1. The summed E-state index contributed by atoms with van der Waals surface area (Å²) < 4.78 is 0. The SMILES string of the molecule is CC[N-]c1ccccc1.O=C[O-].[Zn+2]. The first-order valence-electron chi connectivity index (χ1n) is 3.63. The minimum Gasteiger partial charge on any atom is -0.685 e. The zero-order chi connectivity index (χ0) is 9.23. The normalized spacial score (nSPS) is 7.15. The first-order chi connectivity index (χ1) is 5.85. The van der Waals surface area contributed by atoms with E-state index in [2.05, 4.69) is 5.32 Å². The fourth-order valence-electron chi connectivity index (χ4n) is 0.716. The molecule has 0 unspecified atom stereocenters. The molecule has 0 spiro atoms. The molecule has 0 aliphatic carbocycles. The number of carbonyl (C=O) groups is 1. The molecule has 4 heteroatoms. The molecule has 1 aromatic carbocycles. The second kappa shape index (κ2) is 11.1. The molecule has 13 heavy (non-hydrogen) atoms. The van der Waals surface area contributed by atoms with E-state index in [0.717, 1.165) is 12.2 Å². The number of nitrogens with zero attached hydrogens (tertiary/aromatic N) is 1. The number of hydrogen-bond donors (Lipinski definition) is 0. The molecule has 0 saturated carbocycles. The largest absolute Gasteiger partial charge is 2.00 e. The minimum absolute atomic E-state index is 0. The van der Waals surface area contributed by atoms with Gasteiger partial charge >= 0.3 is 19.5 Å². The molecule has 0 saturated heterocycles. The molecule has 0 aliphatic rings. The van der Waals surface area contributed by atoms with Crippen molar-refractivity contribution in [2.24, 2.45) is 0 Å². The predicted molar refractivity (Wildman–Crippen MR) is 46.1 cm³/mol. The van der Waals surface area contributed by atoms with Crippen LogP contribution in [-0.2, 0) is 24.3 Å². The Labute approximate surface area is 90.9 Å². The van der Waals surface area contributed by atoms with E-state index in [-0.39, 0.29) is 19.5 Å². The van der Waals surface area contributed by atoms with Gasteiger partial charge in [0.2, 0.25) is 0 Å². The van der Waals surface area contributed by atoms with Crippen molar-refractivity contribution < 1.29 is 29.4 Å². The molecular formula is C9H11NO2Zn. The van der Waals surface area contributed by atoms with Gasteiger partial charge in [-0.3, -0.25) is 0 Å². The number of benzene rings is 1. The van der Waals surface area contributed by atoms with Gasteiger partial charge in [-0.2, -0.15) is 0 Å². The third-order valence-electron chi connectivity index (χ3n) is 1.10. The summed E-state index contributed by atoms with van der Waals surface area (Å²) in [7, 11) is 0. The standard InChI is InChI=1S/C8H10N.CH2O2.Zn/c1-2-9-8-6-4-3-5-7-8;2-1-3;/h3-7H,2H2,1H3;1H,(H,2,3);/q-1;;+2/p-1. The molecule has 0 aliphatic heterocycles. The molecule has 3 nitrogen and oxygen atoms in total. The van der Waals surface area contributed by atoms with Crippen molar-refractivity contribution in [2.45, 2.75) is 6.92 Å². The predicted octanol–water partition coefficient (Wildman–Crippen LogP) is 1.08. The zero-order valence-corrected chi connectivity index (χ0v) is 10.6. The summed E-state index contributed by atoms with van der Waals surface area (Å²) in [5.41, 5.74) is 1.07. The third kappa shape index (κ3) is 9.02. The fourth-order valence-corrected chi connectivity index (χ4v) is 0.716. The first kappa shape index (κ1) is 14.6. The van der Waals surface area contributed by atoms with Crippen LogP contribution < -0.4 is 5.11 Å². The number of rotatable bonds is 2. The summed E-state index contributed by atoms with van der Waals surface area (Å²) >= 11 is 0. The molecule has 1 aromatic rings. The Morgan fingerprint density at radius 2 is 1.85 bits per heavy atom. The van der Waals surface area contributed by atoms with Gasteiger partial charge in [-0.15, -0.1) is 12.2 Å². The van der Waals surface area contributed by atoms with E-state index in [1.807, 2.05) is 37.3 Å². The fraction of sp³-hybridized carbons (Fsp3) is 0.222. The molecule has 0 radical (unpaired) electrons. The summed E-state index contributed by atoms with van der Waals surface area (Å²) in [6, 6.07) is 9.99. The van der Waals surface area contributed by atoms with Crippen molar-refractivity contribution in [2.75, 3.05) is 6.54 Å². The van der Waals surface area contributed by atoms with E-state index in [9.17, 15) is 0 Å². The monoisotopic (exact) mass is 229 g/mol. The van der Waals surface area contributed by atoms with Crippen molar-refractivity contribution >= 4 is 12.2 Å². The second-order valence-electron chi connectivity index (χ2n) is 1.91. The van der Waals surface area contributed by atoms with Gasteiger partial charge in [0.15, 0.2) is 0 Å². The van der Waals surface area contributed by atoms with Gasteiger partial charge in [-0.1, -0.05) is 37.3 Å². The Kier molecular flexibility index (Phi) is 12.5. The number of hydrogen-bond acceptors (Lipinski definition) is 2. The average Bonchev–Trinajstić information content (AvgIpc) is 2.08. The summed E-state index contributed by atoms with van der Waals surface area (Å²) in [5.74, 6) is 0. The Balaban J connectivity index is 0. The molecule has 0 fully saturated rings. The zero-order valence-electron chi connectivity index (χ0n) is 7.64. The van der Waals surface area contributed by atoms with Crippen LogP contribution in [0.25, 0.3) is 5.32 Å². The van der Waals surface area contributed by atoms with Crippen LogP contribution in [0.3, 0.4) is 0 Å². The maximum absolute atomic E-state index is 8.25. The van der Waals surface area contributed by atoms with Crippen molar-refractivity contribution in [3.05, 3.63) is 35.6 Å². The van der Waals surface area contributed by atoms with Crippen molar-refractivity contribution in [3.8, 4) is 0 Å². The van der Waals surface area contributed by atoms with E-state index >= 15 is 0 Å². The van der Waals surface area contributed by atoms with E-state index in [1.165, 1.54) is 0 Å². The molecule has 66 valence electrons. The molecule has 0 atom stereocenters. The van der Waals surface area contributed by atoms with Crippen LogP contribution in [-0.4, -0.2) is 13.0 Å². The van der Waals surface area contributed by atoms with E-state index < -0.39 is 6.47 Å². The van der Waals surface area contributed by atoms with Crippen molar-refractivity contribution in [1.29, 1.82) is 0 Å². The van der Waals surface area contributed by atoms with E-state index in [4.69, 9.17) is 9.90 Å². The summed E-state index contributed by atoms with van der Waals surface area (Å²) in [4.78, 5) is 8.25. The average molecular weight is 231 g/mol. The van der Waals surface area contributed by atoms with Gasteiger partial charge in [-0.05, 0) is 0 Å². The summed E-state index contributed by atoms with van der Waals surface area (Å²) in [6.07, 6.45) is 0. The third-order valence-corrected chi connectivity index (χ3v) is 1.10. The van der Waals surface area contributed by atoms with Crippen LogP contribution in [0, 0.1) is 0 Å². The second-order valence-corrected chi connectivity index (χ2v) is 1.91. The molecule has 0 bridgehead atoms. The topological polar surface area (TPSA) is 54.2 Å². The van der Waals surface area contributed by atoms with Crippen LogP contribution >= 0.6 is 0 Å². The summed E-state index contributed by atoms with van der Waals surface area (Å²) in [6.45, 7) is 2.40. The molecule has 0 heterocycles. The van der Waals surface area contributed by atoms with Gasteiger partial charge in [-0.25, -0.2) is 0 Å². The molecule has 0 aromatic heterocycles. The Bertz CT molecular complexity index is 204. The maximum Gasteiger partial charge on any atom is 2.00 e. The van der Waals surface area contributed by atoms with Gasteiger partial charge in [0.1, 0.15) is 0 Å². The van der Waals surface area contributed by atoms with Gasteiger partial charge < -0.3 is 15.2 Å². The minimum atomic E-state index is -0.500. The maximum atomic E-state index is 8.25. The van der Waals surface area contributed by atoms with Crippen LogP contribution in [0.2, 0.25) is 0 Å². The molecule has 0 N–H and O–H groups in total. The first-order valence-corrected chi connectivity index (χ1v) is 3.63. The quantitative estimate of drug-likeness (QED) is 0.564. The van der Waals surface area contributed by atoms with Crippen molar-refractivity contribution in [3.63, 3.8) is 0 Å². The van der Waals surface area contributed by atoms with Crippen LogP contribution in [0.15, 0.2) is 30.3 Å². The molecule has 1 rings (SSSR count). The van der Waals surface area contributed by atoms with E-state index in [0.29, 0.717) is 0 Å². The Morgan fingerprint density at radius 1 is 1.38 bits per heavy atom.